The lowest BCUT2D eigenvalue weighted by Crippen LogP contribution is -2.11. The van der Waals surface area contributed by atoms with Crippen LogP contribution in [-0.2, 0) is 10.0 Å². The number of fused-ring (bicyclic) bond motifs is 1. The number of rotatable bonds is 2. The number of benzene rings is 2. The third-order valence-electron chi connectivity index (χ3n) is 2.86. The van der Waals surface area contributed by atoms with Crippen molar-refractivity contribution in [2.75, 3.05) is 0 Å². The Morgan fingerprint density at radius 2 is 1.40 bits per heavy atom. The van der Waals surface area contributed by atoms with E-state index in [2.05, 4.69) is 0 Å². The van der Waals surface area contributed by atoms with Crippen LogP contribution in [0.5, 0.6) is 0 Å². The van der Waals surface area contributed by atoms with Crippen LogP contribution in [0.2, 0.25) is 0 Å². The maximum atomic E-state index is 12.5. The van der Waals surface area contributed by atoms with Crippen LogP contribution in [-0.4, -0.2) is 12.4 Å². The smallest absolute Gasteiger partial charge is 0.241 e. The van der Waals surface area contributed by atoms with Crippen molar-refractivity contribution < 1.29 is 8.42 Å². The molecule has 0 bridgehead atoms. The van der Waals surface area contributed by atoms with E-state index < -0.39 is 10.0 Å². The van der Waals surface area contributed by atoms with Gasteiger partial charge in [-0.05, 0) is 24.3 Å². The minimum Gasteiger partial charge on any atom is -0.241 e. The lowest BCUT2D eigenvalue weighted by atomic mass is 10.3. The molecule has 3 aromatic rings. The Hall–Kier alpha value is -2.07. The molecule has 0 saturated carbocycles. The average molecular weight is 287 g/mol. The van der Waals surface area contributed by atoms with Crippen LogP contribution < -0.4 is 0 Å². The van der Waals surface area contributed by atoms with Crippen molar-refractivity contribution >= 4 is 20.9 Å². The summed E-state index contributed by atoms with van der Waals surface area (Å²) in [5.41, 5.74) is 0.696. The van der Waals surface area contributed by atoms with Crippen LogP contribution in [0.25, 0.3) is 10.9 Å². The highest BCUT2D eigenvalue weighted by Crippen LogP contribution is 2.21. The summed E-state index contributed by atoms with van der Waals surface area (Å²) in [4.78, 5) is 0.298. The summed E-state index contributed by atoms with van der Waals surface area (Å²) < 4.78 is 26.3. The fourth-order valence-electron chi connectivity index (χ4n) is 1.97. The summed E-state index contributed by atoms with van der Waals surface area (Å²) in [5.74, 6) is 0. The zero-order valence-corrected chi connectivity index (χ0v) is 12.3. The summed E-state index contributed by atoms with van der Waals surface area (Å²) in [6.07, 6.45) is 1.59. The molecule has 0 spiro atoms. The number of hydrogen-bond acceptors (Lipinski definition) is 2. The number of hydrogen-bond donors (Lipinski definition) is 0. The first kappa shape index (κ1) is 14.3. The van der Waals surface area contributed by atoms with Gasteiger partial charge in [-0.3, -0.25) is 0 Å². The Balaban J connectivity index is 0.000000704. The van der Waals surface area contributed by atoms with Gasteiger partial charge in [0.25, 0.3) is 10.0 Å². The fraction of sp³-hybridized carbons (Fsp3) is 0.125. The van der Waals surface area contributed by atoms with Crippen molar-refractivity contribution in [3.63, 3.8) is 0 Å². The van der Waals surface area contributed by atoms with Gasteiger partial charge in [-0.1, -0.05) is 50.2 Å². The number of aromatic nitrogens is 1. The first-order valence-electron chi connectivity index (χ1n) is 6.56. The minimum absolute atomic E-state index is 0.298. The maximum absolute atomic E-state index is 12.5. The predicted molar refractivity (Wildman–Crippen MR) is 82.3 cm³/mol. The Labute approximate surface area is 119 Å². The molecular weight excluding hydrogens is 270 g/mol. The molecule has 0 saturated heterocycles. The highest BCUT2D eigenvalue weighted by atomic mass is 32.2. The van der Waals surface area contributed by atoms with Gasteiger partial charge < -0.3 is 0 Å². The second-order valence-corrected chi connectivity index (χ2v) is 5.80. The van der Waals surface area contributed by atoms with Crippen molar-refractivity contribution in [2.45, 2.75) is 18.7 Å². The molecule has 1 heterocycles. The molecule has 104 valence electrons. The SMILES string of the molecule is CC.O=S(=O)(c1ccccc1)n1ccc2ccccc21. The molecule has 0 unspecified atom stereocenters. The molecule has 0 aliphatic carbocycles. The van der Waals surface area contributed by atoms with Gasteiger partial charge in [0.2, 0.25) is 0 Å². The molecule has 0 N–H and O–H groups in total. The van der Waals surface area contributed by atoms with E-state index in [0.29, 0.717) is 10.4 Å². The summed E-state index contributed by atoms with van der Waals surface area (Å²) >= 11 is 0. The van der Waals surface area contributed by atoms with Gasteiger partial charge in [0.1, 0.15) is 0 Å². The predicted octanol–water partition coefficient (Wildman–Crippen LogP) is 3.90. The van der Waals surface area contributed by atoms with Crippen LogP contribution in [0.1, 0.15) is 13.8 Å². The summed E-state index contributed by atoms with van der Waals surface area (Å²) in [6, 6.07) is 17.7. The van der Waals surface area contributed by atoms with E-state index in [1.54, 1.807) is 48.7 Å². The van der Waals surface area contributed by atoms with Gasteiger partial charge in [0.05, 0.1) is 10.4 Å². The molecule has 0 radical (unpaired) electrons. The Morgan fingerprint density at radius 1 is 0.800 bits per heavy atom. The van der Waals surface area contributed by atoms with Crippen molar-refractivity contribution in [2.24, 2.45) is 0 Å². The second-order valence-electron chi connectivity index (χ2n) is 3.99. The third-order valence-corrected chi connectivity index (χ3v) is 4.57. The molecular formula is C16H17NO2S. The Bertz CT molecular complexity index is 789. The quantitative estimate of drug-likeness (QED) is 0.717. The van der Waals surface area contributed by atoms with Gasteiger partial charge >= 0.3 is 0 Å². The lowest BCUT2D eigenvalue weighted by Gasteiger charge is -2.07. The topological polar surface area (TPSA) is 39.1 Å². The summed E-state index contributed by atoms with van der Waals surface area (Å²) in [5, 5.41) is 0.914. The molecule has 1 aromatic heterocycles. The molecule has 20 heavy (non-hydrogen) atoms. The van der Waals surface area contributed by atoms with Gasteiger partial charge in [0, 0.05) is 11.6 Å². The first-order valence-corrected chi connectivity index (χ1v) is 8.00. The monoisotopic (exact) mass is 287 g/mol. The number of nitrogens with zero attached hydrogens (tertiary/aromatic N) is 1. The largest absolute Gasteiger partial charge is 0.268 e. The average Bonchev–Trinajstić information content (AvgIpc) is 2.95. The lowest BCUT2D eigenvalue weighted by molar-refractivity contribution is 0.589. The normalized spacial score (nSPS) is 10.9. The van der Waals surface area contributed by atoms with Crippen LogP contribution in [0.3, 0.4) is 0 Å². The second kappa shape index (κ2) is 5.92. The molecule has 0 fully saturated rings. The minimum atomic E-state index is -3.51. The van der Waals surface area contributed by atoms with Gasteiger partial charge in [-0.2, -0.15) is 0 Å². The highest BCUT2D eigenvalue weighted by Gasteiger charge is 2.17. The van der Waals surface area contributed by atoms with E-state index in [-0.39, 0.29) is 0 Å². The van der Waals surface area contributed by atoms with Crippen molar-refractivity contribution in [1.29, 1.82) is 0 Å². The maximum Gasteiger partial charge on any atom is 0.268 e. The van der Waals surface area contributed by atoms with Crippen molar-refractivity contribution in [1.82, 2.24) is 3.97 Å². The zero-order valence-electron chi connectivity index (χ0n) is 11.5. The van der Waals surface area contributed by atoms with Crippen LogP contribution in [0.4, 0.5) is 0 Å². The molecule has 0 amide bonds. The first-order chi connectivity index (χ1) is 9.69. The Morgan fingerprint density at radius 3 is 2.10 bits per heavy atom. The zero-order chi connectivity index (χ0) is 14.6. The number of para-hydroxylation sites is 1. The van der Waals surface area contributed by atoms with Crippen LogP contribution >= 0.6 is 0 Å². The highest BCUT2D eigenvalue weighted by molar-refractivity contribution is 7.90. The van der Waals surface area contributed by atoms with Gasteiger partial charge in [0.15, 0.2) is 0 Å². The molecule has 0 atom stereocenters. The fourth-order valence-corrected chi connectivity index (χ4v) is 3.35. The van der Waals surface area contributed by atoms with Crippen molar-refractivity contribution in [3.8, 4) is 0 Å². The van der Waals surface area contributed by atoms with E-state index in [0.717, 1.165) is 5.39 Å². The molecule has 2 aromatic carbocycles. The summed E-state index contributed by atoms with van der Waals surface area (Å²) in [6.45, 7) is 4.00. The van der Waals surface area contributed by atoms with Crippen molar-refractivity contribution in [3.05, 3.63) is 66.9 Å². The van der Waals surface area contributed by atoms with E-state index in [1.807, 2.05) is 32.0 Å². The van der Waals surface area contributed by atoms with Gasteiger partial charge in [-0.25, -0.2) is 12.4 Å². The molecule has 4 heteroatoms. The van der Waals surface area contributed by atoms with Gasteiger partial charge in [-0.15, -0.1) is 0 Å². The third kappa shape index (κ3) is 2.47. The van der Waals surface area contributed by atoms with Crippen LogP contribution in [0.15, 0.2) is 71.8 Å². The molecule has 0 aliphatic rings. The van der Waals surface area contributed by atoms with Crippen LogP contribution in [0, 0.1) is 0 Å². The van der Waals surface area contributed by atoms with E-state index in [9.17, 15) is 8.42 Å². The van der Waals surface area contributed by atoms with E-state index >= 15 is 0 Å². The molecule has 3 rings (SSSR count). The van der Waals surface area contributed by atoms with E-state index in [4.69, 9.17) is 0 Å². The Kier molecular flexibility index (Phi) is 4.25. The molecule has 3 nitrogen and oxygen atoms in total. The van der Waals surface area contributed by atoms with E-state index in [1.165, 1.54) is 3.97 Å². The standard InChI is InChI=1S/C14H11NO2S.C2H6/c16-18(17,13-7-2-1-3-8-13)15-11-10-12-6-4-5-9-14(12)15;1-2/h1-11H;1-2H3. The molecule has 0 aliphatic heterocycles. The summed E-state index contributed by atoms with van der Waals surface area (Å²) in [7, 11) is -3.51.